The molecule has 0 unspecified atom stereocenters. The van der Waals surface area contributed by atoms with Crippen LogP contribution in [0, 0.1) is 0 Å². The summed E-state index contributed by atoms with van der Waals surface area (Å²) < 4.78 is 32.7. The molecule has 17 heavy (non-hydrogen) atoms. The third-order valence-corrected chi connectivity index (χ3v) is 2.26. The highest BCUT2D eigenvalue weighted by Gasteiger charge is 2.06. The maximum atomic E-state index is 11.5. The lowest BCUT2D eigenvalue weighted by molar-refractivity contribution is 0.0945. The Morgan fingerprint density at radius 2 is 1.94 bits per heavy atom. The zero-order valence-corrected chi connectivity index (χ0v) is 9.61. The summed E-state index contributed by atoms with van der Waals surface area (Å²) in [7, 11) is -4.46. The van der Waals surface area contributed by atoms with E-state index in [0.717, 1.165) is 0 Å². The van der Waals surface area contributed by atoms with E-state index in [-0.39, 0.29) is 19.1 Å². The summed E-state index contributed by atoms with van der Waals surface area (Å²) >= 11 is 0. The van der Waals surface area contributed by atoms with Gasteiger partial charge in [-0.15, -0.1) is 0 Å². The van der Waals surface area contributed by atoms with E-state index in [1.165, 1.54) is 12.1 Å². The number of benzene rings is 1. The Bertz CT molecular complexity index is 483. The van der Waals surface area contributed by atoms with Crippen molar-refractivity contribution in [1.29, 1.82) is 0 Å². The molecule has 0 heterocycles. The molecule has 7 nitrogen and oxygen atoms in total. The molecular formula is C9H12N2O5S. The summed E-state index contributed by atoms with van der Waals surface area (Å²) in [4.78, 5) is 11.5. The molecule has 0 aliphatic carbocycles. The first-order valence-electron chi connectivity index (χ1n) is 4.64. The number of nitrogens with one attached hydrogen (secondary N) is 1. The average molecular weight is 260 g/mol. The smallest absolute Gasteiger partial charge is 0.397 e. The van der Waals surface area contributed by atoms with E-state index in [4.69, 9.17) is 10.3 Å². The van der Waals surface area contributed by atoms with E-state index in [9.17, 15) is 13.2 Å². The van der Waals surface area contributed by atoms with Crippen molar-refractivity contribution in [3.05, 3.63) is 29.8 Å². The number of anilines is 1. The highest BCUT2D eigenvalue weighted by molar-refractivity contribution is 7.80. The molecule has 8 heteroatoms. The van der Waals surface area contributed by atoms with Gasteiger partial charge in [-0.05, 0) is 24.3 Å². The Labute approximate surface area is 98.5 Å². The number of carbonyl (C=O) groups excluding carboxylic acids is 1. The van der Waals surface area contributed by atoms with Gasteiger partial charge in [0, 0.05) is 17.8 Å². The summed E-state index contributed by atoms with van der Waals surface area (Å²) in [6.45, 7) is -0.372. The number of nitrogen functional groups attached to an aromatic ring is 1. The first-order valence-corrected chi connectivity index (χ1v) is 6.00. The Morgan fingerprint density at radius 3 is 2.47 bits per heavy atom. The van der Waals surface area contributed by atoms with Crippen LogP contribution >= 0.6 is 0 Å². The van der Waals surface area contributed by atoms with E-state index in [0.29, 0.717) is 11.3 Å². The molecule has 94 valence electrons. The normalized spacial score (nSPS) is 11.1. The Morgan fingerprint density at radius 1 is 1.35 bits per heavy atom. The summed E-state index contributed by atoms with van der Waals surface area (Å²) in [6.07, 6.45) is 0. The van der Waals surface area contributed by atoms with Crippen LogP contribution in [0.2, 0.25) is 0 Å². The second kappa shape index (κ2) is 5.62. The molecule has 4 N–H and O–H groups in total. The van der Waals surface area contributed by atoms with E-state index >= 15 is 0 Å². The van der Waals surface area contributed by atoms with Crippen LogP contribution in [-0.4, -0.2) is 32.0 Å². The average Bonchev–Trinajstić information content (AvgIpc) is 2.24. The lowest BCUT2D eigenvalue weighted by Crippen LogP contribution is -2.27. The third kappa shape index (κ3) is 5.29. The minimum Gasteiger partial charge on any atom is -0.399 e. The first-order chi connectivity index (χ1) is 7.88. The molecule has 1 amide bonds. The molecular weight excluding hydrogens is 248 g/mol. The zero-order chi connectivity index (χ0) is 12.9. The van der Waals surface area contributed by atoms with Crippen molar-refractivity contribution in [3.63, 3.8) is 0 Å². The molecule has 0 bridgehead atoms. The maximum Gasteiger partial charge on any atom is 0.397 e. The second-order valence-electron chi connectivity index (χ2n) is 3.13. The molecule has 1 aromatic rings. The van der Waals surface area contributed by atoms with Crippen molar-refractivity contribution in [2.75, 3.05) is 18.9 Å². The number of nitrogens with two attached hydrogens (primary N) is 1. The van der Waals surface area contributed by atoms with Gasteiger partial charge in [-0.2, -0.15) is 8.42 Å². The van der Waals surface area contributed by atoms with Gasteiger partial charge in [-0.3, -0.25) is 9.35 Å². The van der Waals surface area contributed by atoms with Crippen LogP contribution in [0.5, 0.6) is 0 Å². The topological polar surface area (TPSA) is 119 Å². The maximum absolute atomic E-state index is 11.5. The third-order valence-electron chi connectivity index (χ3n) is 1.79. The van der Waals surface area contributed by atoms with Crippen molar-refractivity contribution in [2.45, 2.75) is 0 Å². The molecule has 0 radical (unpaired) electrons. The molecule has 0 spiro atoms. The fourth-order valence-corrected chi connectivity index (χ4v) is 1.34. The van der Waals surface area contributed by atoms with Gasteiger partial charge in [0.15, 0.2) is 0 Å². The molecule has 1 aromatic carbocycles. The fourth-order valence-electron chi connectivity index (χ4n) is 1.05. The molecule has 0 aliphatic heterocycles. The number of carbonyl (C=O) groups is 1. The molecule has 0 atom stereocenters. The minimum atomic E-state index is -4.46. The molecule has 1 rings (SSSR count). The minimum absolute atomic E-state index is 0.0387. The highest BCUT2D eigenvalue weighted by Crippen LogP contribution is 2.04. The summed E-state index contributed by atoms with van der Waals surface area (Å²) in [5.74, 6) is -0.385. The van der Waals surface area contributed by atoms with Crippen LogP contribution in [0.3, 0.4) is 0 Å². The predicted octanol–water partition coefficient (Wildman–Crippen LogP) is -0.182. The molecule has 0 aromatic heterocycles. The standard InChI is InChI=1S/C9H12N2O5S/c10-8-3-1-7(2-4-8)9(12)11-5-6-16-17(13,14)15/h1-4H,5-6,10H2,(H,11,12)(H,13,14,15). The zero-order valence-electron chi connectivity index (χ0n) is 8.79. The lowest BCUT2D eigenvalue weighted by atomic mass is 10.2. The second-order valence-corrected chi connectivity index (χ2v) is 4.22. The van der Waals surface area contributed by atoms with Crippen LogP contribution in [0.15, 0.2) is 24.3 Å². The van der Waals surface area contributed by atoms with Gasteiger partial charge in [-0.1, -0.05) is 0 Å². The van der Waals surface area contributed by atoms with E-state index < -0.39 is 10.4 Å². The number of amides is 1. The number of hydrogen-bond donors (Lipinski definition) is 3. The predicted molar refractivity (Wildman–Crippen MR) is 60.7 cm³/mol. The summed E-state index contributed by atoms with van der Waals surface area (Å²) in [6, 6.07) is 6.22. The Kier molecular flexibility index (Phi) is 4.44. The quantitative estimate of drug-likeness (QED) is 0.384. The Hall–Kier alpha value is -1.64. The first kappa shape index (κ1) is 13.4. The van der Waals surface area contributed by atoms with Crippen molar-refractivity contribution >= 4 is 22.0 Å². The molecule has 0 aliphatic rings. The molecule has 0 saturated carbocycles. The van der Waals surface area contributed by atoms with Crippen molar-refractivity contribution in [3.8, 4) is 0 Å². The highest BCUT2D eigenvalue weighted by atomic mass is 32.3. The Balaban J connectivity index is 2.38. The molecule has 0 saturated heterocycles. The lowest BCUT2D eigenvalue weighted by Gasteiger charge is -2.04. The van der Waals surface area contributed by atoms with Gasteiger partial charge in [-0.25, -0.2) is 4.18 Å². The van der Waals surface area contributed by atoms with Crippen molar-refractivity contribution in [1.82, 2.24) is 5.32 Å². The van der Waals surface area contributed by atoms with Gasteiger partial charge in [0.05, 0.1) is 6.61 Å². The number of rotatable bonds is 5. The SMILES string of the molecule is Nc1ccc(C(=O)NCCOS(=O)(=O)O)cc1. The van der Waals surface area contributed by atoms with Crippen molar-refractivity contribution < 1.29 is 21.9 Å². The van der Waals surface area contributed by atoms with Gasteiger partial charge >= 0.3 is 10.4 Å². The van der Waals surface area contributed by atoms with Crippen LogP contribution < -0.4 is 11.1 Å². The monoisotopic (exact) mass is 260 g/mol. The fraction of sp³-hybridized carbons (Fsp3) is 0.222. The van der Waals surface area contributed by atoms with Gasteiger partial charge in [0.2, 0.25) is 0 Å². The van der Waals surface area contributed by atoms with Gasteiger partial charge in [0.1, 0.15) is 0 Å². The van der Waals surface area contributed by atoms with E-state index in [1.807, 2.05) is 0 Å². The largest absolute Gasteiger partial charge is 0.399 e. The van der Waals surface area contributed by atoms with Crippen LogP contribution in [0.1, 0.15) is 10.4 Å². The van der Waals surface area contributed by atoms with Crippen LogP contribution in [0.25, 0.3) is 0 Å². The van der Waals surface area contributed by atoms with Crippen LogP contribution in [0.4, 0.5) is 5.69 Å². The van der Waals surface area contributed by atoms with E-state index in [1.54, 1.807) is 12.1 Å². The van der Waals surface area contributed by atoms with Crippen molar-refractivity contribution in [2.24, 2.45) is 0 Å². The summed E-state index contributed by atoms with van der Waals surface area (Å²) in [5.41, 5.74) is 6.38. The number of hydrogen-bond acceptors (Lipinski definition) is 5. The van der Waals surface area contributed by atoms with Gasteiger partial charge in [0.25, 0.3) is 5.91 Å². The van der Waals surface area contributed by atoms with E-state index in [2.05, 4.69) is 9.50 Å². The summed E-state index contributed by atoms with van der Waals surface area (Å²) in [5, 5.41) is 2.41. The van der Waals surface area contributed by atoms with Gasteiger partial charge < -0.3 is 11.1 Å². The molecule has 0 fully saturated rings. The van der Waals surface area contributed by atoms with Crippen LogP contribution in [-0.2, 0) is 14.6 Å².